The molecule has 0 radical (unpaired) electrons. The topological polar surface area (TPSA) is 48.1 Å². The molecule has 0 saturated heterocycles. The van der Waals surface area contributed by atoms with Crippen LogP contribution in [0.2, 0.25) is 0 Å². The second-order valence-corrected chi connectivity index (χ2v) is 3.90. The Bertz CT molecular complexity index is 471. The lowest BCUT2D eigenvalue weighted by Gasteiger charge is -2.14. The molecule has 2 N–H and O–H groups in total. The average molecular weight is 228 g/mol. The fourth-order valence-corrected chi connectivity index (χ4v) is 1.84. The smallest absolute Gasteiger partial charge is 0.122 e. The molecular weight excluding hydrogens is 212 g/mol. The summed E-state index contributed by atoms with van der Waals surface area (Å²) in [6.07, 6.45) is 4.28. The third-order valence-electron chi connectivity index (χ3n) is 2.77. The van der Waals surface area contributed by atoms with E-state index in [1.54, 1.807) is 19.5 Å². The van der Waals surface area contributed by atoms with Gasteiger partial charge in [-0.3, -0.25) is 4.98 Å². The van der Waals surface area contributed by atoms with E-state index in [0.29, 0.717) is 0 Å². The fourth-order valence-electron chi connectivity index (χ4n) is 1.84. The van der Waals surface area contributed by atoms with Gasteiger partial charge < -0.3 is 10.5 Å². The number of para-hydroxylation sites is 1. The van der Waals surface area contributed by atoms with Crippen LogP contribution < -0.4 is 10.5 Å². The largest absolute Gasteiger partial charge is 0.496 e. The van der Waals surface area contributed by atoms with E-state index in [1.165, 1.54) is 0 Å². The van der Waals surface area contributed by atoms with Crippen LogP contribution in [0.1, 0.15) is 17.2 Å². The van der Waals surface area contributed by atoms with Crippen molar-refractivity contribution in [1.29, 1.82) is 0 Å². The van der Waals surface area contributed by atoms with Gasteiger partial charge in [0.25, 0.3) is 0 Å². The lowest BCUT2D eigenvalue weighted by Crippen LogP contribution is -2.13. The molecule has 0 aliphatic heterocycles. The van der Waals surface area contributed by atoms with Crippen LogP contribution in [0, 0.1) is 0 Å². The maximum Gasteiger partial charge on any atom is 0.122 e. The second-order valence-electron chi connectivity index (χ2n) is 3.90. The summed E-state index contributed by atoms with van der Waals surface area (Å²) in [6.45, 7) is 0. The van der Waals surface area contributed by atoms with Gasteiger partial charge in [0.15, 0.2) is 0 Å². The van der Waals surface area contributed by atoms with Gasteiger partial charge in [0.2, 0.25) is 0 Å². The summed E-state index contributed by atoms with van der Waals surface area (Å²) < 4.78 is 5.31. The summed E-state index contributed by atoms with van der Waals surface area (Å²) >= 11 is 0. The molecule has 1 heterocycles. The van der Waals surface area contributed by atoms with Gasteiger partial charge in [-0.15, -0.1) is 0 Å². The Morgan fingerprint density at radius 1 is 1.18 bits per heavy atom. The molecule has 0 amide bonds. The molecule has 3 nitrogen and oxygen atoms in total. The molecule has 0 spiro atoms. The van der Waals surface area contributed by atoms with Gasteiger partial charge in [-0.05, 0) is 35.7 Å². The van der Waals surface area contributed by atoms with Crippen molar-refractivity contribution < 1.29 is 4.74 Å². The minimum absolute atomic E-state index is 0.0331. The summed E-state index contributed by atoms with van der Waals surface area (Å²) in [5.74, 6) is 0.886. The molecule has 1 unspecified atom stereocenters. The van der Waals surface area contributed by atoms with E-state index in [1.807, 2.05) is 36.4 Å². The van der Waals surface area contributed by atoms with Gasteiger partial charge in [-0.1, -0.05) is 18.2 Å². The Labute approximate surface area is 101 Å². The van der Waals surface area contributed by atoms with Gasteiger partial charge >= 0.3 is 0 Å². The highest BCUT2D eigenvalue weighted by molar-refractivity contribution is 5.34. The Balaban J connectivity index is 2.16. The molecule has 1 aromatic heterocycles. The van der Waals surface area contributed by atoms with Crippen molar-refractivity contribution in [3.63, 3.8) is 0 Å². The zero-order chi connectivity index (χ0) is 12.1. The van der Waals surface area contributed by atoms with Crippen molar-refractivity contribution in [1.82, 2.24) is 4.98 Å². The third-order valence-corrected chi connectivity index (χ3v) is 2.77. The number of nitrogens with two attached hydrogens (primary N) is 1. The molecule has 0 aliphatic carbocycles. The Hall–Kier alpha value is -1.87. The molecule has 0 bridgehead atoms. The van der Waals surface area contributed by atoms with Crippen LogP contribution >= 0.6 is 0 Å². The van der Waals surface area contributed by atoms with Crippen molar-refractivity contribution in [2.45, 2.75) is 12.5 Å². The number of nitrogens with zero attached hydrogens (tertiary/aromatic N) is 1. The van der Waals surface area contributed by atoms with Crippen molar-refractivity contribution >= 4 is 0 Å². The Kier molecular flexibility index (Phi) is 3.73. The standard InChI is InChI=1S/C14H16N2O/c1-17-14-5-3-2-4-12(14)10-13(15)11-6-8-16-9-7-11/h2-9,13H,10,15H2,1H3. The molecule has 3 heteroatoms. The number of ether oxygens (including phenoxy) is 1. The lowest BCUT2D eigenvalue weighted by atomic mass is 10.00. The third kappa shape index (κ3) is 2.82. The minimum atomic E-state index is -0.0331. The molecule has 17 heavy (non-hydrogen) atoms. The Morgan fingerprint density at radius 3 is 2.59 bits per heavy atom. The highest BCUT2D eigenvalue weighted by atomic mass is 16.5. The first-order valence-corrected chi connectivity index (χ1v) is 5.58. The predicted molar refractivity (Wildman–Crippen MR) is 67.9 cm³/mol. The zero-order valence-electron chi connectivity index (χ0n) is 9.84. The number of pyridine rings is 1. The molecule has 2 rings (SSSR count). The molecule has 0 fully saturated rings. The van der Waals surface area contributed by atoms with Crippen LogP contribution in [0.3, 0.4) is 0 Å². The predicted octanol–water partition coefficient (Wildman–Crippen LogP) is 2.33. The van der Waals surface area contributed by atoms with Crippen LogP contribution in [0.25, 0.3) is 0 Å². The first-order valence-electron chi connectivity index (χ1n) is 5.58. The minimum Gasteiger partial charge on any atom is -0.496 e. The number of rotatable bonds is 4. The summed E-state index contributed by atoms with van der Waals surface area (Å²) in [7, 11) is 1.68. The first kappa shape index (κ1) is 11.6. The van der Waals surface area contributed by atoms with Crippen LogP contribution in [0.4, 0.5) is 0 Å². The number of methoxy groups -OCH3 is 1. The maximum atomic E-state index is 6.17. The summed E-state index contributed by atoms with van der Waals surface area (Å²) in [4.78, 5) is 3.99. The summed E-state index contributed by atoms with van der Waals surface area (Å²) in [5, 5.41) is 0. The van der Waals surface area contributed by atoms with Gasteiger partial charge in [0, 0.05) is 18.4 Å². The fraction of sp³-hybridized carbons (Fsp3) is 0.214. The van der Waals surface area contributed by atoms with E-state index in [-0.39, 0.29) is 6.04 Å². The second kappa shape index (κ2) is 5.46. The van der Waals surface area contributed by atoms with E-state index in [0.717, 1.165) is 23.3 Å². The lowest BCUT2D eigenvalue weighted by molar-refractivity contribution is 0.408. The number of hydrogen-bond acceptors (Lipinski definition) is 3. The first-order chi connectivity index (χ1) is 8.31. The van der Waals surface area contributed by atoms with Crippen LogP contribution in [-0.4, -0.2) is 12.1 Å². The molecular formula is C14H16N2O. The van der Waals surface area contributed by atoms with Crippen LogP contribution in [0.15, 0.2) is 48.8 Å². The Morgan fingerprint density at radius 2 is 1.88 bits per heavy atom. The highest BCUT2D eigenvalue weighted by Gasteiger charge is 2.09. The van der Waals surface area contributed by atoms with Gasteiger partial charge in [0.1, 0.15) is 5.75 Å². The van der Waals surface area contributed by atoms with Crippen molar-refractivity contribution in [2.75, 3.05) is 7.11 Å². The van der Waals surface area contributed by atoms with Gasteiger partial charge in [0.05, 0.1) is 7.11 Å². The van der Waals surface area contributed by atoms with Crippen molar-refractivity contribution in [3.05, 3.63) is 59.9 Å². The number of aromatic nitrogens is 1. The van der Waals surface area contributed by atoms with Gasteiger partial charge in [-0.25, -0.2) is 0 Å². The van der Waals surface area contributed by atoms with E-state index < -0.39 is 0 Å². The van der Waals surface area contributed by atoms with E-state index >= 15 is 0 Å². The maximum absolute atomic E-state index is 6.17. The SMILES string of the molecule is COc1ccccc1CC(N)c1ccncc1. The van der Waals surface area contributed by atoms with Crippen molar-refractivity contribution in [3.8, 4) is 5.75 Å². The normalized spacial score (nSPS) is 12.1. The highest BCUT2D eigenvalue weighted by Crippen LogP contribution is 2.23. The molecule has 2 aromatic rings. The van der Waals surface area contributed by atoms with Crippen molar-refractivity contribution in [2.24, 2.45) is 5.73 Å². The molecule has 1 atom stereocenters. The van der Waals surface area contributed by atoms with E-state index in [2.05, 4.69) is 4.98 Å². The summed E-state index contributed by atoms with van der Waals surface area (Å²) in [6, 6.07) is 11.8. The molecule has 1 aromatic carbocycles. The quantitative estimate of drug-likeness (QED) is 0.873. The average Bonchev–Trinajstić information content (AvgIpc) is 2.40. The number of benzene rings is 1. The van der Waals surface area contributed by atoms with E-state index in [4.69, 9.17) is 10.5 Å². The molecule has 88 valence electrons. The van der Waals surface area contributed by atoms with E-state index in [9.17, 15) is 0 Å². The summed E-state index contributed by atoms with van der Waals surface area (Å²) in [5.41, 5.74) is 8.38. The number of hydrogen-bond donors (Lipinski definition) is 1. The molecule has 0 saturated carbocycles. The van der Waals surface area contributed by atoms with Crippen LogP contribution in [0.5, 0.6) is 5.75 Å². The zero-order valence-corrected chi connectivity index (χ0v) is 9.84. The van der Waals surface area contributed by atoms with Crippen LogP contribution in [-0.2, 0) is 6.42 Å². The molecule has 0 aliphatic rings. The van der Waals surface area contributed by atoms with Gasteiger partial charge in [-0.2, -0.15) is 0 Å². The monoisotopic (exact) mass is 228 g/mol.